The number of rotatable bonds is 10. The smallest absolute Gasteiger partial charge is 0.215 e. The minimum atomic E-state index is -0.603. The second kappa shape index (κ2) is 9.60. The Morgan fingerprint density at radius 3 is 2.29 bits per heavy atom. The third-order valence-corrected chi connectivity index (χ3v) is 3.26. The van der Waals surface area contributed by atoms with Crippen molar-refractivity contribution in [2.45, 2.75) is 77.1 Å². The Hall–Kier alpha value is -0.410. The van der Waals surface area contributed by atoms with E-state index in [1.165, 1.54) is 51.4 Å². The molecule has 2 unspecified atom stereocenters. The van der Waals surface area contributed by atoms with Crippen molar-refractivity contribution in [3.8, 4) is 0 Å². The quantitative estimate of drug-likeness (QED) is 0.435. The molecule has 17 heavy (non-hydrogen) atoms. The van der Waals surface area contributed by atoms with E-state index < -0.39 is 6.29 Å². The highest BCUT2D eigenvalue weighted by molar-refractivity contribution is 5.54. The monoisotopic (exact) mass is 242 g/mol. The van der Waals surface area contributed by atoms with Gasteiger partial charge in [0.15, 0.2) is 6.29 Å². The summed E-state index contributed by atoms with van der Waals surface area (Å²) in [6.07, 6.45) is 11.9. The Balaban J connectivity index is 1.83. The van der Waals surface area contributed by atoms with Gasteiger partial charge in [-0.3, -0.25) is 4.79 Å². The van der Waals surface area contributed by atoms with Crippen molar-refractivity contribution in [1.82, 2.24) is 0 Å². The minimum Gasteiger partial charge on any atom is -0.343 e. The van der Waals surface area contributed by atoms with E-state index in [0.29, 0.717) is 6.61 Å². The third kappa shape index (κ3) is 6.79. The second-order valence-corrected chi connectivity index (χ2v) is 4.86. The molecule has 0 aromatic rings. The summed E-state index contributed by atoms with van der Waals surface area (Å²) in [5.41, 5.74) is 0. The van der Waals surface area contributed by atoms with Crippen molar-refractivity contribution in [1.29, 1.82) is 0 Å². The summed E-state index contributed by atoms with van der Waals surface area (Å²) >= 11 is 0. The molecule has 0 aliphatic carbocycles. The molecule has 100 valence electrons. The van der Waals surface area contributed by atoms with E-state index >= 15 is 0 Å². The highest BCUT2D eigenvalue weighted by Crippen LogP contribution is 2.17. The summed E-state index contributed by atoms with van der Waals surface area (Å²) in [5.74, 6) is 0. The van der Waals surface area contributed by atoms with Crippen LogP contribution in [0.2, 0.25) is 0 Å². The molecule has 1 fully saturated rings. The summed E-state index contributed by atoms with van der Waals surface area (Å²) in [6, 6.07) is 0. The lowest BCUT2D eigenvalue weighted by Crippen LogP contribution is -2.12. The molecule has 1 rings (SSSR count). The zero-order chi connectivity index (χ0) is 12.3. The fraction of sp³-hybridized carbons (Fsp3) is 0.929. The molecule has 3 nitrogen and oxygen atoms in total. The summed E-state index contributed by atoms with van der Waals surface area (Å²) in [7, 11) is 0. The molecule has 0 saturated carbocycles. The van der Waals surface area contributed by atoms with Gasteiger partial charge in [0.1, 0.15) is 0 Å². The van der Waals surface area contributed by atoms with Gasteiger partial charge in [-0.15, -0.1) is 0 Å². The maximum Gasteiger partial charge on any atom is 0.215 e. The zero-order valence-corrected chi connectivity index (χ0v) is 11.0. The molecular weight excluding hydrogens is 216 g/mol. The first-order valence-corrected chi connectivity index (χ1v) is 7.09. The third-order valence-electron chi connectivity index (χ3n) is 3.26. The molecule has 1 aliphatic heterocycles. The topological polar surface area (TPSA) is 35.5 Å². The van der Waals surface area contributed by atoms with Crippen LogP contribution in [0.1, 0.15) is 64.7 Å². The number of aldehydes is 1. The molecule has 3 heteroatoms. The molecule has 0 amide bonds. The summed E-state index contributed by atoms with van der Waals surface area (Å²) in [4.78, 5) is 10.4. The van der Waals surface area contributed by atoms with Crippen LogP contribution in [0.25, 0.3) is 0 Å². The van der Waals surface area contributed by atoms with Gasteiger partial charge in [0.05, 0.1) is 12.7 Å². The fourth-order valence-electron chi connectivity index (χ4n) is 2.20. The molecular formula is C14H26O3. The van der Waals surface area contributed by atoms with Crippen LogP contribution in [-0.2, 0) is 14.3 Å². The SMILES string of the molecule is CCCCCCCCCCC1COC(C=O)O1. The van der Waals surface area contributed by atoms with Crippen molar-refractivity contribution in [3.05, 3.63) is 0 Å². The fourth-order valence-corrected chi connectivity index (χ4v) is 2.20. The second-order valence-electron chi connectivity index (χ2n) is 4.86. The molecule has 0 bridgehead atoms. The van der Waals surface area contributed by atoms with Crippen molar-refractivity contribution >= 4 is 6.29 Å². The van der Waals surface area contributed by atoms with Crippen molar-refractivity contribution in [2.24, 2.45) is 0 Å². The number of unbranched alkanes of at least 4 members (excludes halogenated alkanes) is 7. The number of carbonyl (C=O) groups excluding carboxylic acids is 1. The van der Waals surface area contributed by atoms with E-state index in [4.69, 9.17) is 9.47 Å². The van der Waals surface area contributed by atoms with Crippen LogP contribution < -0.4 is 0 Å². The predicted octanol–water partition coefficient (Wildman–Crippen LogP) is 3.46. The molecule has 1 aliphatic rings. The first kappa shape index (κ1) is 14.7. The van der Waals surface area contributed by atoms with Crippen LogP contribution in [0, 0.1) is 0 Å². The molecule has 1 saturated heterocycles. The zero-order valence-electron chi connectivity index (χ0n) is 11.0. The van der Waals surface area contributed by atoms with Crippen LogP contribution in [0.4, 0.5) is 0 Å². The molecule has 2 atom stereocenters. The van der Waals surface area contributed by atoms with Gasteiger partial charge in [-0.25, -0.2) is 0 Å². The lowest BCUT2D eigenvalue weighted by atomic mass is 10.1. The average molecular weight is 242 g/mol. The van der Waals surface area contributed by atoms with Gasteiger partial charge in [0.2, 0.25) is 6.29 Å². The van der Waals surface area contributed by atoms with Gasteiger partial charge in [-0.1, -0.05) is 58.3 Å². The Kier molecular flexibility index (Phi) is 8.28. The maximum atomic E-state index is 10.4. The number of ether oxygens (including phenoxy) is 2. The highest BCUT2D eigenvalue weighted by Gasteiger charge is 2.24. The van der Waals surface area contributed by atoms with Gasteiger partial charge in [-0.2, -0.15) is 0 Å². The molecule has 0 aromatic carbocycles. The van der Waals surface area contributed by atoms with E-state index in [1.807, 2.05) is 0 Å². The van der Waals surface area contributed by atoms with Crippen molar-refractivity contribution < 1.29 is 14.3 Å². The summed E-state index contributed by atoms with van der Waals surface area (Å²) in [5, 5.41) is 0. The molecule has 1 heterocycles. The largest absolute Gasteiger partial charge is 0.343 e. The number of carbonyl (C=O) groups is 1. The average Bonchev–Trinajstić information content (AvgIpc) is 2.80. The Bertz CT molecular complexity index is 194. The first-order chi connectivity index (χ1) is 8.36. The first-order valence-electron chi connectivity index (χ1n) is 7.09. The van der Waals surface area contributed by atoms with Crippen LogP contribution in [0.3, 0.4) is 0 Å². The van der Waals surface area contributed by atoms with E-state index in [2.05, 4.69) is 6.92 Å². The number of hydrogen-bond acceptors (Lipinski definition) is 3. The normalized spacial score (nSPS) is 24.1. The Labute approximate surface area is 105 Å². The van der Waals surface area contributed by atoms with Crippen molar-refractivity contribution in [3.63, 3.8) is 0 Å². The standard InChI is InChI=1S/C14H26O3/c1-2-3-4-5-6-7-8-9-10-13-12-16-14(11-15)17-13/h11,13-14H,2-10,12H2,1H3. The van der Waals surface area contributed by atoms with Crippen molar-refractivity contribution in [2.75, 3.05) is 6.61 Å². The highest BCUT2D eigenvalue weighted by atomic mass is 16.7. The lowest BCUT2D eigenvalue weighted by molar-refractivity contribution is -0.133. The van der Waals surface area contributed by atoms with Crippen LogP contribution in [-0.4, -0.2) is 25.3 Å². The molecule has 0 radical (unpaired) electrons. The van der Waals surface area contributed by atoms with Gasteiger partial charge >= 0.3 is 0 Å². The number of hydrogen-bond donors (Lipinski definition) is 0. The molecule has 0 aromatic heterocycles. The van der Waals surface area contributed by atoms with E-state index in [-0.39, 0.29) is 6.10 Å². The Morgan fingerprint density at radius 2 is 1.71 bits per heavy atom. The van der Waals surface area contributed by atoms with E-state index in [1.54, 1.807) is 0 Å². The summed E-state index contributed by atoms with van der Waals surface area (Å²) < 4.78 is 10.5. The van der Waals surface area contributed by atoms with Gasteiger partial charge in [0.25, 0.3) is 0 Å². The van der Waals surface area contributed by atoms with E-state index in [0.717, 1.165) is 12.7 Å². The summed E-state index contributed by atoms with van der Waals surface area (Å²) in [6.45, 7) is 2.83. The maximum absolute atomic E-state index is 10.4. The predicted molar refractivity (Wildman–Crippen MR) is 67.9 cm³/mol. The van der Waals surface area contributed by atoms with Gasteiger partial charge < -0.3 is 9.47 Å². The van der Waals surface area contributed by atoms with Crippen LogP contribution >= 0.6 is 0 Å². The van der Waals surface area contributed by atoms with E-state index in [9.17, 15) is 4.79 Å². The lowest BCUT2D eigenvalue weighted by Gasteiger charge is -2.07. The molecule has 0 N–H and O–H groups in total. The van der Waals surface area contributed by atoms with Gasteiger partial charge in [0, 0.05) is 0 Å². The Morgan fingerprint density at radius 1 is 1.06 bits per heavy atom. The van der Waals surface area contributed by atoms with Crippen LogP contribution in [0.15, 0.2) is 0 Å². The minimum absolute atomic E-state index is 0.144. The van der Waals surface area contributed by atoms with Gasteiger partial charge in [-0.05, 0) is 6.42 Å². The van der Waals surface area contributed by atoms with Crippen LogP contribution in [0.5, 0.6) is 0 Å². The molecule has 0 spiro atoms.